The van der Waals surface area contributed by atoms with E-state index in [2.05, 4.69) is 0 Å². The van der Waals surface area contributed by atoms with Crippen molar-refractivity contribution in [2.24, 2.45) is 5.41 Å². The molecule has 0 saturated heterocycles. The van der Waals surface area contributed by atoms with Gasteiger partial charge in [-0.2, -0.15) is 0 Å². The van der Waals surface area contributed by atoms with E-state index in [4.69, 9.17) is 5.11 Å². The van der Waals surface area contributed by atoms with Gasteiger partial charge in [0, 0.05) is 11.6 Å². The van der Waals surface area contributed by atoms with Gasteiger partial charge in [-0.1, -0.05) is 18.2 Å². The predicted octanol–water partition coefficient (Wildman–Crippen LogP) is 3.32. The molecule has 1 rings (SSSR count). The third-order valence-electron chi connectivity index (χ3n) is 3.68. The minimum absolute atomic E-state index is 0.0780. The lowest BCUT2D eigenvalue weighted by atomic mass is 9.89. The Kier molecular flexibility index (Phi) is 5.06. The molecule has 106 valence electrons. The lowest BCUT2D eigenvalue weighted by Gasteiger charge is -2.28. The number of carbonyl (C=O) groups is 1. The zero-order chi connectivity index (χ0) is 14.6. The number of rotatable bonds is 6. The van der Waals surface area contributed by atoms with Crippen molar-refractivity contribution < 1.29 is 14.3 Å². The van der Waals surface area contributed by atoms with E-state index in [0.717, 1.165) is 0 Å². The second-order valence-corrected chi connectivity index (χ2v) is 5.62. The smallest absolute Gasteiger partial charge is 0.309 e. The van der Waals surface area contributed by atoms with Crippen LogP contribution < -0.4 is 0 Å². The van der Waals surface area contributed by atoms with Gasteiger partial charge in [0.05, 0.1) is 5.41 Å². The molecule has 1 unspecified atom stereocenters. The normalized spacial score (nSPS) is 13.6. The summed E-state index contributed by atoms with van der Waals surface area (Å²) < 4.78 is 13.7. The molecule has 1 aromatic rings. The van der Waals surface area contributed by atoms with Crippen LogP contribution in [0.25, 0.3) is 0 Å². The fraction of sp³-hybridized carbons (Fsp3) is 0.533. The lowest BCUT2D eigenvalue weighted by Crippen LogP contribution is -2.31. The van der Waals surface area contributed by atoms with Crippen molar-refractivity contribution in [1.29, 1.82) is 0 Å². The van der Waals surface area contributed by atoms with Crippen LogP contribution in [-0.4, -0.2) is 29.6 Å². The highest BCUT2D eigenvalue weighted by Gasteiger charge is 2.28. The number of carboxylic acids is 1. The van der Waals surface area contributed by atoms with Crippen LogP contribution in [0.15, 0.2) is 24.3 Å². The molecule has 0 fully saturated rings. The number of aliphatic carboxylic acids is 1. The quantitative estimate of drug-likeness (QED) is 0.859. The van der Waals surface area contributed by atoms with Crippen molar-refractivity contribution in [3.05, 3.63) is 35.6 Å². The first-order valence-corrected chi connectivity index (χ1v) is 6.44. The summed E-state index contributed by atoms with van der Waals surface area (Å²) in [4.78, 5) is 13.0. The predicted molar refractivity (Wildman–Crippen MR) is 73.5 cm³/mol. The Labute approximate surface area is 114 Å². The summed E-state index contributed by atoms with van der Waals surface area (Å²) in [5.41, 5.74) is -0.124. The first-order chi connectivity index (χ1) is 8.75. The van der Waals surface area contributed by atoms with Crippen molar-refractivity contribution in [2.45, 2.75) is 33.2 Å². The molecule has 0 bridgehead atoms. The molecule has 0 aromatic heterocycles. The van der Waals surface area contributed by atoms with Crippen molar-refractivity contribution in [3.8, 4) is 0 Å². The van der Waals surface area contributed by atoms with Crippen molar-refractivity contribution in [3.63, 3.8) is 0 Å². The fourth-order valence-electron chi connectivity index (χ4n) is 1.81. The molecule has 1 aromatic carbocycles. The maximum absolute atomic E-state index is 13.7. The highest BCUT2D eigenvalue weighted by Crippen LogP contribution is 2.25. The van der Waals surface area contributed by atoms with E-state index in [1.807, 2.05) is 24.9 Å². The Morgan fingerprint density at radius 2 is 2.00 bits per heavy atom. The van der Waals surface area contributed by atoms with Gasteiger partial charge in [0.15, 0.2) is 0 Å². The van der Waals surface area contributed by atoms with Crippen LogP contribution in [0.1, 0.15) is 38.8 Å². The highest BCUT2D eigenvalue weighted by molar-refractivity contribution is 5.73. The summed E-state index contributed by atoms with van der Waals surface area (Å²) in [5, 5.41) is 9.08. The summed E-state index contributed by atoms with van der Waals surface area (Å²) in [6, 6.07) is 6.61. The number of nitrogens with zero attached hydrogens (tertiary/aromatic N) is 1. The highest BCUT2D eigenvalue weighted by atomic mass is 19.1. The topological polar surface area (TPSA) is 40.5 Å². The lowest BCUT2D eigenvalue weighted by molar-refractivity contribution is -0.147. The van der Waals surface area contributed by atoms with Crippen LogP contribution >= 0.6 is 0 Å². The van der Waals surface area contributed by atoms with Crippen LogP contribution in [0.3, 0.4) is 0 Å². The van der Waals surface area contributed by atoms with Crippen LogP contribution in [0, 0.1) is 11.2 Å². The van der Waals surface area contributed by atoms with Crippen molar-refractivity contribution >= 4 is 5.97 Å². The van der Waals surface area contributed by atoms with Gasteiger partial charge in [0.25, 0.3) is 0 Å². The summed E-state index contributed by atoms with van der Waals surface area (Å²) in [7, 11) is 1.88. The van der Waals surface area contributed by atoms with Crippen molar-refractivity contribution in [2.75, 3.05) is 13.6 Å². The SMILES string of the molecule is CC(c1ccccc1F)N(C)CCC(C)(C)C(=O)O. The largest absolute Gasteiger partial charge is 0.481 e. The average Bonchev–Trinajstić information content (AvgIpc) is 2.35. The second kappa shape index (κ2) is 6.15. The Hall–Kier alpha value is -1.42. The molecule has 19 heavy (non-hydrogen) atoms. The van der Waals surface area contributed by atoms with E-state index < -0.39 is 11.4 Å². The Morgan fingerprint density at radius 3 is 2.53 bits per heavy atom. The molecule has 0 radical (unpaired) electrons. The monoisotopic (exact) mass is 267 g/mol. The molecule has 0 aliphatic carbocycles. The van der Waals surface area contributed by atoms with Crippen LogP contribution in [-0.2, 0) is 4.79 Å². The summed E-state index contributed by atoms with van der Waals surface area (Å²) in [6.45, 7) is 5.94. The molecule has 0 saturated carbocycles. The van der Waals surface area contributed by atoms with Gasteiger partial charge in [-0.15, -0.1) is 0 Å². The van der Waals surface area contributed by atoms with E-state index in [0.29, 0.717) is 18.5 Å². The molecule has 0 spiro atoms. The molecule has 1 atom stereocenters. The zero-order valence-corrected chi connectivity index (χ0v) is 12.0. The van der Waals surface area contributed by atoms with Gasteiger partial charge in [-0.25, -0.2) is 4.39 Å². The number of hydrogen-bond acceptors (Lipinski definition) is 2. The van der Waals surface area contributed by atoms with Gasteiger partial charge >= 0.3 is 5.97 Å². The Morgan fingerprint density at radius 1 is 1.42 bits per heavy atom. The molecule has 0 aliphatic rings. The molecule has 4 heteroatoms. The number of halogens is 1. The Bertz CT molecular complexity index is 446. The van der Waals surface area contributed by atoms with Crippen LogP contribution in [0.2, 0.25) is 0 Å². The van der Waals surface area contributed by atoms with Crippen LogP contribution in [0.5, 0.6) is 0 Å². The zero-order valence-electron chi connectivity index (χ0n) is 12.0. The molecule has 0 aliphatic heterocycles. The standard InChI is InChI=1S/C15H22FNO2/c1-11(12-7-5-6-8-13(12)16)17(4)10-9-15(2,3)14(18)19/h5-8,11H,9-10H2,1-4H3,(H,18,19). The second-order valence-electron chi connectivity index (χ2n) is 5.62. The summed E-state index contributed by atoms with van der Waals surface area (Å²) >= 11 is 0. The first kappa shape index (κ1) is 15.6. The van der Waals surface area contributed by atoms with Gasteiger partial charge in [-0.3, -0.25) is 9.69 Å². The maximum atomic E-state index is 13.7. The van der Waals surface area contributed by atoms with Gasteiger partial charge in [-0.05, 0) is 46.9 Å². The first-order valence-electron chi connectivity index (χ1n) is 6.44. The van der Waals surface area contributed by atoms with Gasteiger partial charge in [0.2, 0.25) is 0 Å². The molecular weight excluding hydrogens is 245 g/mol. The van der Waals surface area contributed by atoms with E-state index in [-0.39, 0.29) is 11.9 Å². The average molecular weight is 267 g/mol. The summed E-state index contributed by atoms with van der Waals surface area (Å²) in [6.07, 6.45) is 0.525. The number of benzene rings is 1. The maximum Gasteiger partial charge on any atom is 0.309 e. The van der Waals surface area contributed by atoms with Gasteiger partial charge in [0.1, 0.15) is 5.82 Å². The molecule has 0 heterocycles. The minimum Gasteiger partial charge on any atom is -0.481 e. The van der Waals surface area contributed by atoms with Crippen LogP contribution in [0.4, 0.5) is 4.39 Å². The molecule has 0 amide bonds. The van der Waals surface area contributed by atoms with Crippen molar-refractivity contribution in [1.82, 2.24) is 4.90 Å². The summed E-state index contributed by atoms with van der Waals surface area (Å²) in [5.74, 6) is -1.03. The Balaban J connectivity index is 2.66. The number of hydrogen-bond donors (Lipinski definition) is 1. The molecular formula is C15H22FNO2. The van der Waals surface area contributed by atoms with E-state index in [1.165, 1.54) is 6.07 Å². The molecule has 3 nitrogen and oxygen atoms in total. The number of carboxylic acid groups (broad SMARTS) is 1. The minimum atomic E-state index is -0.806. The van der Waals surface area contributed by atoms with E-state index in [9.17, 15) is 9.18 Å². The van der Waals surface area contributed by atoms with E-state index in [1.54, 1.807) is 26.0 Å². The van der Waals surface area contributed by atoms with E-state index >= 15 is 0 Å². The fourth-order valence-corrected chi connectivity index (χ4v) is 1.81. The third-order valence-corrected chi connectivity index (χ3v) is 3.68. The third kappa shape index (κ3) is 4.03. The van der Waals surface area contributed by atoms with Gasteiger partial charge < -0.3 is 5.11 Å². The molecule has 1 N–H and O–H groups in total.